The summed E-state index contributed by atoms with van der Waals surface area (Å²) in [5.41, 5.74) is 0. The van der Waals surface area contributed by atoms with Gasteiger partial charge < -0.3 is 5.32 Å². The summed E-state index contributed by atoms with van der Waals surface area (Å²) < 4.78 is 1.08. The van der Waals surface area contributed by atoms with Crippen LogP contribution < -0.4 is 5.32 Å². The van der Waals surface area contributed by atoms with Gasteiger partial charge in [-0.1, -0.05) is 20.3 Å². The number of pyridine rings is 1. The predicted octanol–water partition coefficient (Wildman–Crippen LogP) is 3.57. The first-order chi connectivity index (χ1) is 7.69. The number of nitrogens with one attached hydrogen (secondary N) is 1. The van der Waals surface area contributed by atoms with E-state index in [9.17, 15) is 0 Å². The lowest BCUT2D eigenvalue weighted by Crippen LogP contribution is -2.34. The van der Waals surface area contributed by atoms with Crippen LogP contribution >= 0.6 is 27.7 Å². The largest absolute Gasteiger partial charge is 0.316 e. The molecular weight excluding hydrogens is 284 g/mol. The molecule has 1 rings (SSSR count). The van der Waals surface area contributed by atoms with Crippen molar-refractivity contribution in [2.45, 2.75) is 31.3 Å². The van der Waals surface area contributed by atoms with Gasteiger partial charge in [-0.3, -0.25) is 0 Å². The van der Waals surface area contributed by atoms with Gasteiger partial charge in [0.15, 0.2) is 0 Å². The molecule has 0 radical (unpaired) electrons. The third-order valence-electron chi connectivity index (χ3n) is 2.83. The van der Waals surface area contributed by atoms with Crippen LogP contribution in [0.2, 0.25) is 0 Å². The fourth-order valence-corrected chi connectivity index (χ4v) is 3.24. The highest BCUT2D eigenvalue weighted by molar-refractivity contribution is 9.10. The maximum atomic E-state index is 4.36. The molecule has 2 atom stereocenters. The van der Waals surface area contributed by atoms with Crippen LogP contribution in [0.1, 0.15) is 20.3 Å². The fourth-order valence-electron chi connectivity index (χ4n) is 1.46. The quantitative estimate of drug-likeness (QED) is 0.813. The zero-order valence-corrected chi connectivity index (χ0v) is 12.4. The lowest BCUT2D eigenvalue weighted by Gasteiger charge is -2.21. The fraction of sp³-hybridized carbons (Fsp3) is 0.583. The molecule has 1 heterocycles. The first kappa shape index (κ1) is 14.0. The Kier molecular flexibility index (Phi) is 6.39. The van der Waals surface area contributed by atoms with Gasteiger partial charge in [-0.15, -0.1) is 11.8 Å². The maximum Gasteiger partial charge on any atom is 0.110 e. The van der Waals surface area contributed by atoms with Crippen molar-refractivity contribution in [2.75, 3.05) is 12.8 Å². The molecule has 0 aliphatic rings. The van der Waals surface area contributed by atoms with E-state index in [1.165, 1.54) is 6.42 Å². The number of hydrogen-bond donors (Lipinski definition) is 1. The molecule has 0 amide bonds. The molecule has 0 aliphatic carbocycles. The molecule has 0 saturated carbocycles. The zero-order chi connectivity index (χ0) is 12.0. The summed E-state index contributed by atoms with van der Waals surface area (Å²) in [6.45, 7) is 4.52. The number of halogens is 1. The molecule has 0 bridgehead atoms. The SMILES string of the molecule is CCC(C)C(CSc1ncccc1Br)NC. The first-order valence-corrected chi connectivity index (χ1v) is 7.37. The molecule has 0 spiro atoms. The highest BCUT2D eigenvalue weighted by atomic mass is 79.9. The Labute approximate surface area is 111 Å². The lowest BCUT2D eigenvalue weighted by atomic mass is 10.0. The van der Waals surface area contributed by atoms with Gasteiger partial charge in [0.1, 0.15) is 5.03 Å². The topological polar surface area (TPSA) is 24.9 Å². The Bertz CT molecular complexity index is 320. The van der Waals surface area contributed by atoms with E-state index in [1.54, 1.807) is 11.8 Å². The average molecular weight is 303 g/mol. The van der Waals surface area contributed by atoms with Crippen LogP contribution in [-0.4, -0.2) is 23.8 Å². The van der Waals surface area contributed by atoms with Crippen LogP contribution in [0.3, 0.4) is 0 Å². The van der Waals surface area contributed by atoms with E-state index in [-0.39, 0.29) is 0 Å². The van der Waals surface area contributed by atoms with Gasteiger partial charge in [0.25, 0.3) is 0 Å². The van der Waals surface area contributed by atoms with Crippen molar-refractivity contribution in [3.63, 3.8) is 0 Å². The predicted molar refractivity (Wildman–Crippen MR) is 75.0 cm³/mol. The zero-order valence-electron chi connectivity index (χ0n) is 10.0. The molecule has 2 unspecified atom stereocenters. The molecule has 0 aromatic carbocycles. The van der Waals surface area contributed by atoms with Crippen molar-refractivity contribution in [3.8, 4) is 0 Å². The minimum atomic E-state index is 0.545. The van der Waals surface area contributed by atoms with Crippen molar-refractivity contribution in [2.24, 2.45) is 5.92 Å². The van der Waals surface area contributed by atoms with E-state index in [2.05, 4.69) is 40.1 Å². The summed E-state index contributed by atoms with van der Waals surface area (Å²) in [4.78, 5) is 4.36. The summed E-state index contributed by atoms with van der Waals surface area (Å²) >= 11 is 5.32. The van der Waals surface area contributed by atoms with Crippen molar-refractivity contribution in [3.05, 3.63) is 22.8 Å². The monoisotopic (exact) mass is 302 g/mol. The van der Waals surface area contributed by atoms with Crippen LogP contribution in [0, 0.1) is 5.92 Å². The second-order valence-electron chi connectivity index (χ2n) is 3.88. The maximum absolute atomic E-state index is 4.36. The smallest absolute Gasteiger partial charge is 0.110 e. The van der Waals surface area contributed by atoms with Crippen LogP contribution in [0.4, 0.5) is 0 Å². The molecule has 4 heteroatoms. The molecule has 2 nitrogen and oxygen atoms in total. The summed E-state index contributed by atoms with van der Waals surface area (Å²) in [6, 6.07) is 4.52. The van der Waals surface area contributed by atoms with Crippen LogP contribution in [0.15, 0.2) is 27.8 Å². The molecule has 16 heavy (non-hydrogen) atoms. The van der Waals surface area contributed by atoms with Gasteiger partial charge in [0, 0.05) is 22.5 Å². The molecule has 1 aromatic heterocycles. The second kappa shape index (κ2) is 7.30. The molecule has 0 saturated heterocycles. The minimum absolute atomic E-state index is 0.545. The van der Waals surface area contributed by atoms with Crippen molar-refractivity contribution < 1.29 is 0 Å². The second-order valence-corrected chi connectivity index (χ2v) is 5.75. The number of thioether (sulfide) groups is 1. The summed E-state index contributed by atoms with van der Waals surface area (Å²) in [5, 5.41) is 4.45. The summed E-state index contributed by atoms with van der Waals surface area (Å²) in [5.74, 6) is 1.75. The molecular formula is C12H19BrN2S. The molecule has 0 aliphatic heterocycles. The van der Waals surface area contributed by atoms with Crippen LogP contribution in [-0.2, 0) is 0 Å². The van der Waals surface area contributed by atoms with E-state index in [0.717, 1.165) is 15.3 Å². The first-order valence-electron chi connectivity index (χ1n) is 5.59. The lowest BCUT2D eigenvalue weighted by molar-refractivity contribution is 0.420. The average Bonchev–Trinajstić information content (AvgIpc) is 2.31. The Morgan fingerprint density at radius 2 is 2.31 bits per heavy atom. The minimum Gasteiger partial charge on any atom is -0.316 e. The summed E-state index contributed by atoms with van der Waals surface area (Å²) in [7, 11) is 2.03. The van der Waals surface area contributed by atoms with E-state index in [4.69, 9.17) is 0 Å². The van der Waals surface area contributed by atoms with Gasteiger partial charge in [0.05, 0.1) is 0 Å². The van der Waals surface area contributed by atoms with Crippen LogP contribution in [0.5, 0.6) is 0 Å². The van der Waals surface area contributed by atoms with Crippen LogP contribution in [0.25, 0.3) is 0 Å². The molecule has 1 aromatic rings. The van der Waals surface area contributed by atoms with Gasteiger partial charge in [-0.25, -0.2) is 4.98 Å². The Morgan fingerprint density at radius 3 is 2.88 bits per heavy atom. The highest BCUT2D eigenvalue weighted by Gasteiger charge is 2.14. The van der Waals surface area contributed by atoms with Gasteiger partial charge >= 0.3 is 0 Å². The third-order valence-corrected chi connectivity index (χ3v) is 4.85. The van der Waals surface area contributed by atoms with E-state index >= 15 is 0 Å². The van der Waals surface area contributed by atoms with Gasteiger partial charge in [-0.05, 0) is 41.0 Å². The van der Waals surface area contributed by atoms with Gasteiger partial charge in [0.2, 0.25) is 0 Å². The third kappa shape index (κ3) is 4.07. The number of aromatic nitrogens is 1. The molecule has 90 valence electrons. The summed E-state index contributed by atoms with van der Waals surface area (Å²) in [6.07, 6.45) is 3.04. The Balaban J connectivity index is 2.53. The normalized spacial score (nSPS) is 14.8. The molecule has 0 fully saturated rings. The van der Waals surface area contributed by atoms with E-state index < -0.39 is 0 Å². The standard InChI is InChI=1S/C12H19BrN2S/c1-4-9(2)11(14-3)8-16-12-10(13)6-5-7-15-12/h5-7,9,11,14H,4,8H2,1-3H3. The van der Waals surface area contributed by atoms with E-state index in [1.807, 2.05) is 25.4 Å². The highest BCUT2D eigenvalue weighted by Crippen LogP contribution is 2.26. The van der Waals surface area contributed by atoms with Gasteiger partial charge in [-0.2, -0.15) is 0 Å². The number of hydrogen-bond acceptors (Lipinski definition) is 3. The number of nitrogens with zero attached hydrogens (tertiary/aromatic N) is 1. The Hall–Kier alpha value is -0.0600. The van der Waals surface area contributed by atoms with E-state index in [0.29, 0.717) is 12.0 Å². The molecule has 1 N–H and O–H groups in total. The number of rotatable bonds is 6. The van der Waals surface area contributed by atoms with Crippen molar-refractivity contribution in [1.82, 2.24) is 10.3 Å². The van der Waals surface area contributed by atoms with Crippen molar-refractivity contribution in [1.29, 1.82) is 0 Å². The van der Waals surface area contributed by atoms with Crippen molar-refractivity contribution >= 4 is 27.7 Å². The Morgan fingerprint density at radius 1 is 1.56 bits per heavy atom.